The zero-order valence-electron chi connectivity index (χ0n) is 7.11. The molecule has 0 aliphatic carbocycles. The summed E-state index contributed by atoms with van der Waals surface area (Å²) in [6.07, 6.45) is 6.12. The summed E-state index contributed by atoms with van der Waals surface area (Å²) in [5.41, 5.74) is 0. The Morgan fingerprint density at radius 3 is 2.92 bits per heavy atom. The van der Waals surface area contributed by atoms with Crippen molar-refractivity contribution >= 4 is 0 Å². The van der Waals surface area contributed by atoms with Crippen LogP contribution in [0.15, 0.2) is 12.7 Å². The van der Waals surface area contributed by atoms with Gasteiger partial charge in [-0.1, -0.05) is 0 Å². The zero-order valence-corrected chi connectivity index (χ0v) is 7.11. The van der Waals surface area contributed by atoms with Gasteiger partial charge in [0.15, 0.2) is 0 Å². The predicted octanol–water partition coefficient (Wildman–Crippen LogP) is 0.278. The third-order valence-corrected chi connectivity index (χ3v) is 2.42. The van der Waals surface area contributed by atoms with Gasteiger partial charge in [0.1, 0.15) is 12.7 Å². The van der Waals surface area contributed by atoms with E-state index in [1.54, 1.807) is 12.7 Å². The first-order chi connectivity index (χ1) is 5.95. The summed E-state index contributed by atoms with van der Waals surface area (Å²) in [4.78, 5) is 0. The van der Waals surface area contributed by atoms with Crippen molar-refractivity contribution in [3.63, 3.8) is 0 Å². The van der Waals surface area contributed by atoms with E-state index < -0.39 is 0 Å². The summed E-state index contributed by atoms with van der Waals surface area (Å²) in [5, 5.41) is 10.9. The van der Waals surface area contributed by atoms with Crippen LogP contribution < -0.4 is 5.32 Å². The van der Waals surface area contributed by atoms with Gasteiger partial charge in [-0.3, -0.25) is 0 Å². The molecule has 0 aromatic carbocycles. The largest absolute Gasteiger partial charge is 0.320 e. The summed E-state index contributed by atoms with van der Waals surface area (Å²) in [7, 11) is 0. The van der Waals surface area contributed by atoms with Crippen LogP contribution in [0.25, 0.3) is 0 Å². The Bertz CT molecular complexity index is 213. The lowest BCUT2D eigenvalue weighted by molar-refractivity contribution is 0.479. The highest BCUT2D eigenvalue weighted by Crippen LogP contribution is 2.12. The van der Waals surface area contributed by atoms with Crippen molar-refractivity contribution in [1.82, 2.24) is 20.1 Å². The van der Waals surface area contributed by atoms with Crippen molar-refractivity contribution in [3.8, 4) is 0 Å². The van der Waals surface area contributed by atoms with Crippen LogP contribution >= 0.6 is 0 Å². The van der Waals surface area contributed by atoms with Gasteiger partial charge < -0.3 is 9.88 Å². The third-order valence-electron chi connectivity index (χ3n) is 2.42. The van der Waals surface area contributed by atoms with Gasteiger partial charge in [-0.25, -0.2) is 0 Å². The number of rotatable bonds is 3. The molecule has 2 heterocycles. The van der Waals surface area contributed by atoms with Crippen LogP contribution in [-0.4, -0.2) is 27.9 Å². The van der Waals surface area contributed by atoms with Crippen molar-refractivity contribution in [3.05, 3.63) is 12.7 Å². The molecular weight excluding hydrogens is 152 g/mol. The van der Waals surface area contributed by atoms with Crippen molar-refractivity contribution in [1.29, 1.82) is 0 Å². The molecular formula is C8H14N4. The van der Waals surface area contributed by atoms with Crippen LogP contribution in [0, 0.1) is 5.92 Å². The fourth-order valence-electron chi connectivity index (χ4n) is 1.63. The minimum atomic E-state index is 0.854. The van der Waals surface area contributed by atoms with Crippen LogP contribution in [0.3, 0.4) is 0 Å². The van der Waals surface area contributed by atoms with Crippen LogP contribution in [0.2, 0.25) is 0 Å². The van der Waals surface area contributed by atoms with Crippen LogP contribution in [0.5, 0.6) is 0 Å². The van der Waals surface area contributed by atoms with Gasteiger partial charge in [0.2, 0.25) is 0 Å². The second-order valence-corrected chi connectivity index (χ2v) is 3.35. The molecule has 0 radical (unpaired) electrons. The maximum Gasteiger partial charge on any atom is 0.119 e. The molecule has 66 valence electrons. The molecule has 0 amide bonds. The maximum absolute atomic E-state index is 3.76. The summed E-state index contributed by atoms with van der Waals surface area (Å²) in [5.74, 6) is 0.854. The van der Waals surface area contributed by atoms with E-state index >= 15 is 0 Å². The average molecular weight is 166 g/mol. The van der Waals surface area contributed by atoms with Gasteiger partial charge in [-0.2, -0.15) is 0 Å². The molecule has 1 aliphatic rings. The Balaban J connectivity index is 1.74. The van der Waals surface area contributed by atoms with Crippen molar-refractivity contribution in [2.75, 3.05) is 13.1 Å². The van der Waals surface area contributed by atoms with Crippen molar-refractivity contribution in [2.45, 2.75) is 19.4 Å². The molecule has 1 aromatic rings. The van der Waals surface area contributed by atoms with E-state index in [4.69, 9.17) is 0 Å². The van der Waals surface area contributed by atoms with E-state index in [1.807, 2.05) is 4.57 Å². The molecule has 1 atom stereocenters. The minimum absolute atomic E-state index is 0.854. The van der Waals surface area contributed by atoms with E-state index in [-0.39, 0.29) is 0 Å². The minimum Gasteiger partial charge on any atom is -0.320 e. The smallest absolute Gasteiger partial charge is 0.119 e. The van der Waals surface area contributed by atoms with E-state index in [0.717, 1.165) is 12.5 Å². The van der Waals surface area contributed by atoms with Crippen molar-refractivity contribution < 1.29 is 0 Å². The fraction of sp³-hybridized carbons (Fsp3) is 0.750. The quantitative estimate of drug-likeness (QED) is 0.701. The number of nitrogens with zero attached hydrogens (tertiary/aromatic N) is 3. The van der Waals surface area contributed by atoms with Crippen LogP contribution in [-0.2, 0) is 6.54 Å². The lowest BCUT2D eigenvalue weighted by atomic mass is 10.1. The summed E-state index contributed by atoms with van der Waals surface area (Å²) < 4.78 is 2.04. The lowest BCUT2D eigenvalue weighted by Gasteiger charge is -2.06. The van der Waals surface area contributed by atoms with Crippen molar-refractivity contribution in [2.24, 2.45) is 5.92 Å². The predicted molar refractivity (Wildman–Crippen MR) is 45.6 cm³/mol. The highest BCUT2D eigenvalue weighted by molar-refractivity contribution is 4.72. The first-order valence-corrected chi connectivity index (χ1v) is 4.48. The normalized spacial score (nSPS) is 23.2. The standard InChI is InChI=1S/C8H14N4/c1-3-9-5-8(1)2-4-12-6-10-11-7-12/h6-9H,1-5H2. The third kappa shape index (κ3) is 1.82. The van der Waals surface area contributed by atoms with Gasteiger partial charge in [0, 0.05) is 6.54 Å². The summed E-state index contributed by atoms with van der Waals surface area (Å²) in [6, 6.07) is 0. The Labute approximate surface area is 72.0 Å². The van der Waals surface area contributed by atoms with Gasteiger partial charge in [-0.15, -0.1) is 10.2 Å². The molecule has 12 heavy (non-hydrogen) atoms. The van der Waals surface area contributed by atoms with Crippen LogP contribution in [0.1, 0.15) is 12.8 Å². The zero-order chi connectivity index (χ0) is 8.23. The van der Waals surface area contributed by atoms with Gasteiger partial charge in [-0.05, 0) is 31.8 Å². The van der Waals surface area contributed by atoms with Gasteiger partial charge in [0.25, 0.3) is 0 Å². The summed E-state index contributed by atoms with van der Waals surface area (Å²) in [6.45, 7) is 3.42. The van der Waals surface area contributed by atoms with E-state index in [9.17, 15) is 0 Å². The Morgan fingerprint density at radius 1 is 1.42 bits per heavy atom. The molecule has 1 unspecified atom stereocenters. The number of aromatic nitrogens is 3. The Morgan fingerprint density at radius 2 is 2.25 bits per heavy atom. The topological polar surface area (TPSA) is 42.7 Å². The first kappa shape index (κ1) is 7.73. The highest BCUT2D eigenvalue weighted by atomic mass is 15.2. The molecule has 1 saturated heterocycles. The SMILES string of the molecule is c1nncn1CCC1CCNC1. The molecule has 0 saturated carbocycles. The fourth-order valence-corrected chi connectivity index (χ4v) is 1.63. The average Bonchev–Trinajstić information content (AvgIpc) is 2.74. The Hall–Kier alpha value is -0.900. The van der Waals surface area contributed by atoms with E-state index in [2.05, 4.69) is 15.5 Å². The number of nitrogens with one attached hydrogen (secondary N) is 1. The molecule has 1 N–H and O–H groups in total. The second-order valence-electron chi connectivity index (χ2n) is 3.35. The van der Waals surface area contributed by atoms with E-state index in [0.29, 0.717) is 0 Å². The molecule has 1 aromatic heterocycles. The number of hydrogen-bond donors (Lipinski definition) is 1. The maximum atomic E-state index is 3.76. The number of hydrogen-bond acceptors (Lipinski definition) is 3. The highest BCUT2D eigenvalue weighted by Gasteiger charge is 2.13. The molecule has 2 rings (SSSR count). The molecule has 1 fully saturated rings. The lowest BCUT2D eigenvalue weighted by Crippen LogP contribution is -2.10. The second kappa shape index (κ2) is 3.67. The van der Waals surface area contributed by atoms with E-state index in [1.165, 1.54) is 25.9 Å². The molecule has 0 bridgehead atoms. The van der Waals surface area contributed by atoms with Crippen LogP contribution in [0.4, 0.5) is 0 Å². The van der Waals surface area contributed by atoms with Gasteiger partial charge in [0.05, 0.1) is 0 Å². The molecule has 4 heteroatoms. The monoisotopic (exact) mass is 166 g/mol. The molecule has 0 spiro atoms. The Kier molecular flexibility index (Phi) is 2.36. The number of aryl methyl sites for hydroxylation is 1. The summed E-state index contributed by atoms with van der Waals surface area (Å²) >= 11 is 0. The van der Waals surface area contributed by atoms with Gasteiger partial charge >= 0.3 is 0 Å². The molecule has 1 aliphatic heterocycles. The molecule has 4 nitrogen and oxygen atoms in total. The first-order valence-electron chi connectivity index (χ1n) is 4.48.